The second-order valence-electron chi connectivity index (χ2n) is 2.35. The van der Waals surface area contributed by atoms with E-state index >= 15 is 0 Å². The Balaban J connectivity index is 2.34. The fourth-order valence-electron chi connectivity index (χ4n) is 0.884. The van der Waals surface area contributed by atoms with Gasteiger partial charge >= 0.3 is 0 Å². The van der Waals surface area contributed by atoms with E-state index in [0.717, 1.165) is 25.0 Å². The Bertz CT molecular complexity index is 257. The van der Waals surface area contributed by atoms with Crippen LogP contribution in [-0.4, -0.2) is 9.97 Å². The number of H-pyrrole nitrogens is 1. The Hall–Kier alpha value is -1.43. The SMILES string of the molecule is C#CCCCc1cnc(N)[nH]1. The molecule has 0 aliphatic heterocycles. The molecule has 0 amide bonds. The van der Waals surface area contributed by atoms with Crippen molar-refractivity contribution in [1.29, 1.82) is 0 Å². The van der Waals surface area contributed by atoms with Gasteiger partial charge < -0.3 is 10.7 Å². The van der Waals surface area contributed by atoms with E-state index in [1.54, 1.807) is 6.20 Å². The molecule has 0 saturated carbocycles. The van der Waals surface area contributed by atoms with Crippen molar-refractivity contribution in [3.8, 4) is 12.3 Å². The van der Waals surface area contributed by atoms with Gasteiger partial charge in [0.1, 0.15) is 0 Å². The third-order valence-electron chi connectivity index (χ3n) is 1.42. The molecule has 3 heteroatoms. The first kappa shape index (κ1) is 7.67. The Morgan fingerprint density at radius 3 is 3.09 bits per heavy atom. The van der Waals surface area contributed by atoms with Crippen molar-refractivity contribution < 1.29 is 0 Å². The number of aryl methyl sites for hydroxylation is 1. The molecule has 3 N–H and O–H groups in total. The molecule has 1 rings (SSSR count). The summed E-state index contributed by atoms with van der Waals surface area (Å²) >= 11 is 0. The summed E-state index contributed by atoms with van der Waals surface area (Å²) in [5, 5.41) is 0. The third kappa shape index (κ3) is 2.34. The Kier molecular flexibility index (Phi) is 2.56. The fraction of sp³-hybridized carbons (Fsp3) is 0.375. The number of nitrogens with two attached hydrogens (primary N) is 1. The van der Waals surface area contributed by atoms with Gasteiger partial charge in [-0.1, -0.05) is 0 Å². The quantitative estimate of drug-likeness (QED) is 0.496. The largest absolute Gasteiger partial charge is 0.369 e. The Morgan fingerprint density at radius 2 is 2.55 bits per heavy atom. The van der Waals surface area contributed by atoms with Gasteiger partial charge in [-0.3, -0.25) is 0 Å². The van der Waals surface area contributed by atoms with Crippen molar-refractivity contribution in [1.82, 2.24) is 9.97 Å². The maximum atomic E-state index is 5.38. The van der Waals surface area contributed by atoms with Gasteiger partial charge in [-0.2, -0.15) is 0 Å². The summed E-state index contributed by atoms with van der Waals surface area (Å²) in [4.78, 5) is 6.80. The monoisotopic (exact) mass is 149 g/mol. The van der Waals surface area contributed by atoms with Crippen LogP contribution >= 0.6 is 0 Å². The first-order chi connectivity index (χ1) is 5.33. The molecule has 1 aromatic heterocycles. The molecule has 1 aromatic rings. The number of nitrogens with one attached hydrogen (secondary N) is 1. The molecule has 0 aliphatic carbocycles. The van der Waals surface area contributed by atoms with E-state index in [0.29, 0.717) is 5.95 Å². The van der Waals surface area contributed by atoms with Gasteiger partial charge in [-0.05, 0) is 12.8 Å². The molecule has 0 bridgehead atoms. The van der Waals surface area contributed by atoms with Gasteiger partial charge in [0.25, 0.3) is 0 Å². The number of nitrogen functional groups attached to an aromatic ring is 1. The summed E-state index contributed by atoms with van der Waals surface area (Å²) in [5.41, 5.74) is 6.43. The van der Waals surface area contributed by atoms with Gasteiger partial charge in [0.2, 0.25) is 0 Å². The molecule has 0 unspecified atom stereocenters. The van der Waals surface area contributed by atoms with Crippen LogP contribution in [-0.2, 0) is 6.42 Å². The van der Waals surface area contributed by atoms with E-state index in [1.807, 2.05) is 0 Å². The number of hydrogen-bond acceptors (Lipinski definition) is 2. The normalized spacial score (nSPS) is 9.36. The number of imidazole rings is 1. The molecule has 0 aromatic carbocycles. The molecule has 58 valence electrons. The second-order valence-corrected chi connectivity index (χ2v) is 2.35. The van der Waals surface area contributed by atoms with Crippen LogP contribution < -0.4 is 5.73 Å². The van der Waals surface area contributed by atoms with Crippen LogP contribution in [0.1, 0.15) is 18.5 Å². The van der Waals surface area contributed by atoms with Crippen molar-refractivity contribution in [2.45, 2.75) is 19.3 Å². The zero-order chi connectivity index (χ0) is 8.10. The summed E-state index contributed by atoms with van der Waals surface area (Å²) in [6.45, 7) is 0. The van der Waals surface area contributed by atoms with Crippen LogP contribution in [0.3, 0.4) is 0 Å². The number of aromatic amines is 1. The molecule has 3 nitrogen and oxygen atoms in total. The summed E-state index contributed by atoms with van der Waals surface area (Å²) < 4.78 is 0. The van der Waals surface area contributed by atoms with E-state index in [4.69, 9.17) is 12.2 Å². The smallest absolute Gasteiger partial charge is 0.197 e. The molecule has 0 atom stereocenters. The van der Waals surface area contributed by atoms with E-state index in [2.05, 4.69) is 15.9 Å². The minimum atomic E-state index is 0.473. The lowest BCUT2D eigenvalue weighted by Crippen LogP contribution is -1.88. The predicted octanol–water partition coefficient (Wildman–Crippen LogP) is 0.948. The number of aromatic nitrogens is 2. The first-order valence-corrected chi connectivity index (χ1v) is 3.55. The van der Waals surface area contributed by atoms with Crippen LogP contribution in [0.25, 0.3) is 0 Å². The molecular weight excluding hydrogens is 138 g/mol. The molecule has 0 fully saturated rings. The lowest BCUT2D eigenvalue weighted by molar-refractivity contribution is 0.838. The van der Waals surface area contributed by atoms with Gasteiger partial charge in [-0.25, -0.2) is 4.98 Å². The zero-order valence-corrected chi connectivity index (χ0v) is 6.30. The third-order valence-corrected chi connectivity index (χ3v) is 1.42. The fourth-order valence-corrected chi connectivity index (χ4v) is 0.884. The highest BCUT2D eigenvalue weighted by atomic mass is 15.0. The molecule has 0 saturated heterocycles. The second kappa shape index (κ2) is 3.67. The topological polar surface area (TPSA) is 54.7 Å². The van der Waals surface area contributed by atoms with Crippen LogP contribution in [0.15, 0.2) is 6.20 Å². The lowest BCUT2D eigenvalue weighted by atomic mass is 10.2. The minimum absolute atomic E-state index is 0.473. The summed E-state index contributed by atoms with van der Waals surface area (Å²) in [6.07, 6.45) is 9.55. The van der Waals surface area contributed by atoms with E-state index in [-0.39, 0.29) is 0 Å². The minimum Gasteiger partial charge on any atom is -0.369 e. The number of unbranched alkanes of at least 4 members (excludes halogenated alkanes) is 1. The van der Waals surface area contributed by atoms with Gasteiger partial charge in [-0.15, -0.1) is 12.3 Å². The Morgan fingerprint density at radius 1 is 1.73 bits per heavy atom. The Labute approximate surface area is 66.0 Å². The zero-order valence-electron chi connectivity index (χ0n) is 6.30. The lowest BCUT2D eigenvalue weighted by Gasteiger charge is -1.91. The highest BCUT2D eigenvalue weighted by molar-refractivity contribution is 5.18. The predicted molar refractivity (Wildman–Crippen MR) is 44.8 cm³/mol. The number of nitrogens with zero attached hydrogens (tertiary/aromatic N) is 1. The van der Waals surface area contributed by atoms with Crippen molar-refractivity contribution in [3.63, 3.8) is 0 Å². The maximum absolute atomic E-state index is 5.38. The summed E-state index contributed by atoms with van der Waals surface area (Å²) in [7, 11) is 0. The van der Waals surface area contributed by atoms with Crippen LogP contribution in [0.2, 0.25) is 0 Å². The van der Waals surface area contributed by atoms with Crippen LogP contribution in [0, 0.1) is 12.3 Å². The summed E-state index contributed by atoms with van der Waals surface area (Å²) in [6, 6.07) is 0. The average molecular weight is 149 g/mol. The van der Waals surface area contributed by atoms with Gasteiger partial charge in [0.05, 0.1) is 6.20 Å². The van der Waals surface area contributed by atoms with Crippen LogP contribution in [0.5, 0.6) is 0 Å². The average Bonchev–Trinajstić information content (AvgIpc) is 2.37. The first-order valence-electron chi connectivity index (χ1n) is 3.55. The number of terminal acetylenes is 1. The van der Waals surface area contributed by atoms with Gasteiger partial charge in [0, 0.05) is 12.1 Å². The van der Waals surface area contributed by atoms with Crippen molar-refractivity contribution >= 4 is 5.95 Å². The highest BCUT2D eigenvalue weighted by Gasteiger charge is 1.94. The van der Waals surface area contributed by atoms with E-state index in [1.165, 1.54) is 0 Å². The molecule has 1 heterocycles. The number of anilines is 1. The van der Waals surface area contributed by atoms with Crippen molar-refractivity contribution in [2.75, 3.05) is 5.73 Å². The van der Waals surface area contributed by atoms with E-state index < -0.39 is 0 Å². The maximum Gasteiger partial charge on any atom is 0.197 e. The molecule has 0 aliphatic rings. The molecule has 11 heavy (non-hydrogen) atoms. The van der Waals surface area contributed by atoms with Crippen molar-refractivity contribution in [3.05, 3.63) is 11.9 Å². The number of hydrogen-bond donors (Lipinski definition) is 2. The molecule has 0 radical (unpaired) electrons. The van der Waals surface area contributed by atoms with Crippen molar-refractivity contribution in [2.24, 2.45) is 0 Å². The molecule has 0 spiro atoms. The van der Waals surface area contributed by atoms with E-state index in [9.17, 15) is 0 Å². The number of rotatable bonds is 3. The standard InChI is InChI=1S/C8H11N3/c1-2-3-4-5-7-6-10-8(9)11-7/h1,6H,3-5H2,(H3,9,10,11). The summed E-state index contributed by atoms with van der Waals surface area (Å²) in [5.74, 6) is 3.05. The highest BCUT2D eigenvalue weighted by Crippen LogP contribution is 2.02. The van der Waals surface area contributed by atoms with Gasteiger partial charge in [0.15, 0.2) is 5.95 Å². The molecular formula is C8H11N3. The van der Waals surface area contributed by atoms with Crippen LogP contribution in [0.4, 0.5) is 5.95 Å².